The summed E-state index contributed by atoms with van der Waals surface area (Å²) in [6.45, 7) is 3.53. The Hall–Kier alpha value is -0.870. The van der Waals surface area contributed by atoms with E-state index < -0.39 is 0 Å². The first kappa shape index (κ1) is 17.9. The summed E-state index contributed by atoms with van der Waals surface area (Å²) in [5.74, 6) is 0.603. The fourth-order valence-corrected chi connectivity index (χ4v) is 5.43. The van der Waals surface area contributed by atoms with Crippen molar-refractivity contribution in [1.82, 2.24) is 4.90 Å². The van der Waals surface area contributed by atoms with Gasteiger partial charge in [0.25, 0.3) is 0 Å². The second-order valence-corrected chi connectivity index (χ2v) is 8.05. The van der Waals surface area contributed by atoms with E-state index in [0.29, 0.717) is 5.92 Å². The van der Waals surface area contributed by atoms with E-state index in [1.54, 1.807) is 0 Å². The third kappa shape index (κ3) is 2.92. The molecule has 2 heterocycles. The Bertz CT molecular complexity index is 674. The van der Waals surface area contributed by atoms with Gasteiger partial charge < -0.3 is 4.74 Å². The van der Waals surface area contributed by atoms with Gasteiger partial charge in [0.1, 0.15) is 6.23 Å². The number of thiophene rings is 1. The van der Waals surface area contributed by atoms with E-state index in [-0.39, 0.29) is 24.2 Å². The van der Waals surface area contributed by atoms with E-state index in [1.165, 1.54) is 35.3 Å². The van der Waals surface area contributed by atoms with E-state index in [2.05, 4.69) is 53.6 Å². The molecule has 0 amide bonds. The minimum atomic E-state index is 0. The van der Waals surface area contributed by atoms with Crippen molar-refractivity contribution in [2.45, 2.75) is 50.3 Å². The van der Waals surface area contributed by atoms with Crippen molar-refractivity contribution in [1.29, 1.82) is 0 Å². The highest BCUT2D eigenvalue weighted by Crippen LogP contribution is 2.46. The number of hydrogen-bond acceptors (Lipinski definition) is 3. The number of ether oxygens (including phenoxy) is 1. The zero-order valence-electron chi connectivity index (χ0n) is 14.4. The standard InChI is InChI=1S/C20H25NOS.ClH/c1-20(11-5-8-15-7-3-4-9-17(15)20)21-14-16(13-19(21)22-2)18-10-6-12-23-18;/h3-4,6-7,9-10,12,16,19H,5,8,11,13-14H2,1-2H3;1H. The zero-order chi connectivity index (χ0) is 15.9. The lowest BCUT2D eigenvalue weighted by Gasteiger charge is -2.45. The molecule has 0 N–H and O–H groups in total. The smallest absolute Gasteiger partial charge is 0.111 e. The highest BCUT2D eigenvalue weighted by Gasteiger charge is 2.46. The van der Waals surface area contributed by atoms with Crippen LogP contribution in [0.5, 0.6) is 0 Å². The first-order valence-corrected chi connectivity index (χ1v) is 9.51. The molecule has 3 atom stereocenters. The van der Waals surface area contributed by atoms with Crippen LogP contribution in [0.15, 0.2) is 41.8 Å². The van der Waals surface area contributed by atoms with Crippen LogP contribution in [0, 0.1) is 0 Å². The second kappa shape index (κ2) is 7.17. The lowest BCUT2D eigenvalue weighted by Crippen LogP contribution is -2.49. The van der Waals surface area contributed by atoms with Crippen LogP contribution in [0.4, 0.5) is 0 Å². The van der Waals surface area contributed by atoms with Gasteiger partial charge in [-0.3, -0.25) is 4.90 Å². The number of halogens is 1. The number of benzene rings is 1. The molecule has 0 bridgehead atoms. The lowest BCUT2D eigenvalue weighted by molar-refractivity contribution is -0.0677. The Morgan fingerprint density at radius 1 is 1.21 bits per heavy atom. The van der Waals surface area contributed by atoms with Gasteiger partial charge in [0.05, 0.1) is 0 Å². The summed E-state index contributed by atoms with van der Waals surface area (Å²) in [6, 6.07) is 13.5. The van der Waals surface area contributed by atoms with Gasteiger partial charge in [-0.15, -0.1) is 23.7 Å². The number of rotatable bonds is 3. The van der Waals surface area contributed by atoms with Crippen molar-refractivity contribution < 1.29 is 4.74 Å². The molecule has 3 unspecified atom stereocenters. The predicted octanol–water partition coefficient (Wildman–Crippen LogP) is 5.18. The van der Waals surface area contributed by atoms with E-state index in [4.69, 9.17) is 4.74 Å². The van der Waals surface area contributed by atoms with Gasteiger partial charge in [-0.05, 0) is 55.2 Å². The highest BCUT2D eigenvalue weighted by atomic mass is 35.5. The van der Waals surface area contributed by atoms with Gasteiger partial charge in [0.2, 0.25) is 0 Å². The van der Waals surface area contributed by atoms with Crippen LogP contribution in [0.2, 0.25) is 0 Å². The third-order valence-corrected chi connectivity index (χ3v) is 6.84. The van der Waals surface area contributed by atoms with Crippen LogP contribution in [0.3, 0.4) is 0 Å². The van der Waals surface area contributed by atoms with Crippen molar-refractivity contribution >= 4 is 23.7 Å². The van der Waals surface area contributed by atoms with Crippen molar-refractivity contribution in [3.8, 4) is 0 Å². The molecule has 1 aromatic carbocycles. The Morgan fingerprint density at radius 2 is 2.04 bits per heavy atom. The number of methoxy groups -OCH3 is 1. The van der Waals surface area contributed by atoms with Crippen LogP contribution >= 0.6 is 23.7 Å². The average molecular weight is 364 g/mol. The molecule has 24 heavy (non-hydrogen) atoms. The van der Waals surface area contributed by atoms with E-state index in [9.17, 15) is 0 Å². The van der Waals surface area contributed by atoms with Crippen LogP contribution in [-0.2, 0) is 16.7 Å². The molecule has 1 saturated heterocycles. The largest absolute Gasteiger partial charge is 0.366 e. The summed E-state index contributed by atoms with van der Waals surface area (Å²) in [6.07, 6.45) is 5.03. The molecule has 4 rings (SSSR count). The maximum Gasteiger partial charge on any atom is 0.111 e. The molecule has 1 aliphatic carbocycles. The van der Waals surface area contributed by atoms with Crippen LogP contribution in [0.1, 0.15) is 48.1 Å². The van der Waals surface area contributed by atoms with Gasteiger partial charge in [-0.2, -0.15) is 0 Å². The fraction of sp³-hybridized carbons (Fsp3) is 0.500. The number of hydrogen-bond donors (Lipinski definition) is 0. The molecule has 4 heteroatoms. The number of likely N-dealkylation sites (tertiary alicyclic amines) is 1. The molecule has 0 radical (unpaired) electrons. The molecule has 130 valence electrons. The van der Waals surface area contributed by atoms with Gasteiger partial charge in [-0.1, -0.05) is 30.3 Å². The van der Waals surface area contributed by atoms with Crippen molar-refractivity contribution in [3.63, 3.8) is 0 Å². The predicted molar refractivity (Wildman–Crippen MR) is 103 cm³/mol. The quantitative estimate of drug-likeness (QED) is 0.744. The van der Waals surface area contributed by atoms with Gasteiger partial charge in [-0.25, -0.2) is 0 Å². The Morgan fingerprint density at radius 3 is 2.79 bits per heavy atom. The van der Waals surface area contributed by atoms with Crippen molar-refractivity contribution in [2.24, 2.45) is 0 Å². The Balaban J connectivity index is 0.00000169. The summed E-state index contributed by atoms with van der Waals surface area (Å²) in [5, 5.41) is 2.19. The van der Waals surface area contributed by atoms with E-state index >= 15 is 0 Å². The molecular formula is C20H26ClNOS. The third-order valence-electron chi connectivity index (χ3n) is 5.81. The number of fused-ring (bicyclic) bond motifs is 1. The normalized spacial score (nSPS) is 29.9. The monoisotopic (exact) mass is 363 g/mol. The molecule has 0 spiro atoms. The molecular weight excluding hydrogens is 338 g/mol. The summed E-state index contributed by atoms with van der Waals surface area (Å²) < 4.78 is 5.92. The second-order valence-electron chi connectivity index (χ2n) is 7.08. The molecule has 1 aliphatic heterocycles. The Kier molecular flexibility index (Phi) is 5.36. The van der Waals surface area contributed by atoms with Crippen LogP contribution < -0.4 is 0 Å². The zero-order valence-corrected chi connectivity index (χ0v) is 16.0. The lowest BCUT2D eigenvalue weighted by atomic mass is 9.76. The maximum atomic E-state index is 5.92. The summed E-state index contributed by atoms with van der Waals surface area (Å²) in [5.41, 5.74) is 3.14. The molecule has 1 aromatic heterocycles. The summed E-state index contributed by atoms with van der Waals surface area (Å²) in [7, 11) is 1.87. The average Bonchev–Trinajstić information content (AvgIpc) is 3.24. The van der Waals surface area contributed by atoms with E-state index in [0.717, 1.165) is 13.0 Å². The number of nitrogens with zero attached hydrogens (tertiary/aromatic N) is 1. The molecule has 2 nitrogen and oxygen atoms in total. The van der Waals surface area contributed by atoms with Crippen molar-refractivity contribution in [2.75, 3.05) is 13.7 Å². The SMILES string of the molecule is COC1CC(c2cccs2)CN1C1(C)CCCc2ccccc21.Cl. The van der Waals surface area contributed by atoms with Crippen LogP contribution in [-0.4, -0.2) is 24.8 Å². The minimum absolute atomic E-state index is 0. The fourth-order valence-electron chi connectivity index (χ4n) is 4.59. The molecule has 2 aromatic rings. The van der Waals surface area contributed by atoms with Crippen molar-refractivity contribution in [3.05, 3.63) is 57.8 Å². The topological polar surface area (TPSA) is 12.5 Å². The molecule has 1 fully saturated rings. The maximum absolute atomic E-state index is 5.92. The summed E-state index contributed by atoms with van der Waals surface area (Å²) in [4.78, 5) is 4.14. The van der Waals surface area contributed by atoms with Crippen LogP contribution in [0.25, 0.3) is 0 Å². The molecule has 0 saturated carbocycles. The van der Waals surface area contributed by atoms with E-state index in [1.807, 2.05) is 18.4 Å². The first-order valence-electron chi connectivity index (χ1n) is 8.64. The van der Waals surface area contributed by atoms with Gasteiger partial charge in [0, 0.05) is 30.0 Å². The number of aryl methyl sites for hydroxylation is 1. The minimum Gasteiger partial charge on any atom is -0.366 e. The van der Waals surface area contributed by atoms with Gasteiger partial charge in [0.15, 0.2) is 0 Å². The van der Waals surface area contributed by atoms with Gasteiger partial charge >= 0.3 is 0 Å². The molecule has 2 aliphatic rings. The summed E-state index contributed by atoms with van der Waals surface area (Å²) >= 11 is 1.88. The highest BCUT2D eigenvalue weighted by molar-refractivity contribution is 7.10. The Labute approximate surface area is 155 Å². The first-order chi connectivity index (χ1) is 11.2.